The predicted octanol–water partition coefficient (Wildman–Crippen LogP) is 3.39. The van der Waals surface area contributed by atoms with E-state index in [1.165, 1.54) is 13.0 Å². The zero-order valence-electron chi connectivity index (χ0n) is 22.3. The van der Waals surface area contributed by atoms with Crippen LogP contribution >= 0.6 is 0 Å². The number of hydrogen-bond acceptors (Lipinski definition) is 5. The fourth-order valence-electron chi connectivity index (χ4n) is 3.68. The number of aliphatic carboxylic acids is 1. The monoisotopic (exact) mass is 523 g/mol. The highest BCUT2D eigenvalue weighted by Crippen LogP contribution is 2.14. The van der Waals surface area contributed by atoms with Gasteiger partial charge in [0.2, 0.25) is 11.8 Å². The first kappa shape index (κ1) is 30.1. The first-order valence-corrected chi connectivity index (χ1v) is 12.4. The van der Waals surface area contributed by atoms with Crippen molar-refractivity contribution < 1.29 is 29.0 Å². The quantitative estimate of drug-likeness (QED) is 0.315. The number of carbonyl (C=O) groups is 4. The van der Waals surface area contributed by atoms with Crippen LogP contribution in [0.15, 0.2) is 73.3 Å². The molecule has 2 rings (SSSR count). The number of hydrogen-bond donors (Lipinski definition) is 4. The minimum absolute atomic E-state index is 0.0170. The molecular formula is C29H37N3O6. The molecule has 0 saturated carbocycles. The highest BCUT2D eigenvalue weighted by atomic mass is 16.6. The molecule has 3 amide bonds. The van der Waals surface area contributed by atoms with Crippen LogP contribution in [-0.4, -0.2) is 52.2 Å². The van der Waals surface area contributed by atoms with Crippen LogP contribution in [0.4, 0.5) is 4.79 Å². The predicted molar refractivity (Wildman–Crippen MR) is 144 cm³/mol. The van der Waals surface area contributed by atoms with Gasteiger partial charge in [0, 0.05) is 12.8 Å². The molecule has 0 aliphatic carbocycles. The summed E-state index contributed by atoms with van der Waals surface area (Å²) in [5.41, 5.74) is -0.845. The van der Waals surface area contributed by atoms with Crippen molar-refractivity contribution in [3.8, 4) is 0 Å². The summed E-state index contributed by atoms with van der Waals surface area (Å²) in [4.78, 5) is 51.2. The first-order valence-electron chi connectivity index (χ1n) is 12.4. The maximum absolute atomic E-state index is 13.5. The molecule has 1 unspecified atom stereocenters. The molecule has 38 heavy (non-hydrogen) atoms. The Labute approximate surface area is 223 Å². The van der Waals surface area contributed by atoms with Gasteiger partial charge < -0.3 is 25.8 Å². The third-order valence-electron chi connectivity index (χ3n) is 5.63. The molecule has 0 saturated heterocycles. The molecule has 0 fully saturated rings. The minimum atomic E-state index is -1.61. The molecule has 0 aromatic heterocycles. The molecule has 9 heteroatoms. The molecule has 2 aromatic carbocycles. The second-order valence-corrected chi connectivity index (χ2v) is 10.3. The van der Waals surface area contributed by atoms with Gasteiger partial charge in [0.25, 0.3) is 0 Å². The topological polar surface area (TPSA) is 134 Å². The number of nitrogens with one attached hydrogen (secondary N) is 3. The summed E-state index contributed by atoms with van der Waals surface area (Å²) >= 11 is 0. The van der Waals surface area contributed by atoms with Crippen molar-refractivity contribution in [2.45, 2.75) is 70.2 Å². The van der Waals surface area contributed by atoms with Crippen molar-refractivity contribution in [2.24, 2.45) is 0 Å². The lowest BCUT2D eigenvalue weighted by atomic mass is 9.96. The molecule has 0 aliphatic rings. The molecule has 0 heterocycles. The largest absolute Gasteiger partial charge is 0.480 e. The van der Waals surface area contributed by atoms with Crippen LogP contribution in [-0.2, 0) is 32.0 Å². The van der Waals surface area contributed by atoms with E-state index in [9.17, 15) is 24.3 Å². The molecule has 0 radical (unpaired) electrons. The van der Waals surface area contributed by atoms with Crippen molar-refractivity contribution in [1.82, 2.24) is 16.0 Å². The number of ether oxygens (including phenoxy) is 1. The van der Waals surface area contributed by atoms with E-state index in [4.69, 9.17) is 4.74 Å². The fraction of sp³-hybridized carbons (Fsp3) is 0.379. The normalized spacial score (nSPS) is 14.2. The Balaban J connectivity index is 2.33. The first-order chi connectivity index (χ1) is 17.8. The highest BCUT2D eigenvalue weighted by Gasteiger charge is 2.37. The summed E-state index contributed by atoms with van der Waals surface area (Å²) in [5, 5.41) is 17.6. The van der Waals surface area contributed by atoms with Crippen LogP contribution in [0.25, 0.3) is 0 Å². The summed E-state index contributed by atoms with van der Waals surface area (Å²) in [6.07, 6.45) is 0.861. The second kappa shape index (κ2) is 13.4. The molecule has 0 bridgehead atoms. The summed E-state index contributed by atoms with van der Waals surface area (Å²) in [6, 6.07) is 15.9. The second-order valence-electron chi connectivity index (χ2n) is 10.3. The van der Waals surface area contributed by atoms with Gasteiger partial charge in [-0.05, 0) is 45.2 Å². The van der Waals surface area contributed by atoms with E-state index < -0.39 is 47.1 Å². The SMILES string of the molecule is C=CCC(C)(NC(=O)[C@@H](Cc1ccccc1)NC(=O)[C@@H](Cc1ccccc1)NC(=O)OC(C)(C)C)C(=O)O. The summed E-state index contributed by atoms with van der Waals surface area (Å²) in [6.45, 7) is 10.1. The molecule has 2 aromatic rings. The van der Waals surface area contributed by atoms with Crippen molar-refractivity contribution in [1.29, 1.82) is 0 Å². The third-order valence-corrected chi connectivity index (χ3v) is 5.63. The third kappa shape index (κ3) is 9.72. The smallest absolute Gasteiger partial charge is 0.408 e. The Bertz CT molecular complexity index is 1110. The summed E-state index contributed by atoms with van der Waals surface area (Å²) in [5.74, 6) is -2.52. The lowest BCUT2D eigenvalue weighted by Gasteiger charge is -2.29. The molecule has 3 atom stereocenters. The van der Waals surface area contributed by atoms with Gasteiger partial charge in [0.05, 0.1) is 0 Å². The van der Waals surface area contributed by atoms with E-state index in [1.807, 2.05) is 36.4 Å². The number of carbonyl (C=O) groups excluding carboxylic acids is 3. The maximum atomic E-state index is 13.5. The molecule has 9 nitrogen and oxygen atoms in total. The lowest BCUT2D eigenvalue weighted by molar-refractivity contribution is -0.147. The van der Waals surface area contributed by atoms with Gasteiger partial charge in [-0.25, -0.2) is 9.59 Å². The van der Waals surface area contributed by atoms with Gasteiger partial charge in [-0.2, -0.15) is 0 Å². The van der Waals surface area contributed by atoms with Crippen molar-refractivity contribution in [3.05, 3.63) is 84.4 Å². The van der Waals surface area contributed by atoms with Gasteiger partial charge in [-0.3, -0.25) is 9.59 Å². The van der Waals surface area contributed by atoms with Crippen LogP contribution in [0.2, 0.25) is 0 Å². The fourth-order valence-corrected chi connectivity index (χ4v) is 3.68. The Hall–Kier alpha value is -4.14. The van der Waals surface area contributed by atoms with E-state index in [-0.39, 0.29) is 19.3 Å². The van der Waals surface area contributed by atoms with E-state index in [0.717, 1.165) is 11.1 Å². The number of benzene rings is 2. The van der Waals surface area contributed by atoms with E-state index in [0.29, 0.717) is 0 Å². The Morgan fingerprint density at radius 2 is 1.32 bits per heavy atom. The Kier molecular flexibility index (Phi) is 10.6. The lowest BCUT2D eigenvalue weighted by Crippen LogP contribution is -2.60. The van der Waals surface area contributed by atoms with Crippen LogP contribution in [0.5, 0.6) is 0 Å². The summed E-state index contributed by atoms with van der Waals surface area (Å²) in [7, 11) is 0. The van der Waals surface area contributed by atoms with Crippen molar-refractivity contribution in [2.75, 3.05) is 0 Å². The zero-order chi connectivity index (χ0) is 28.3. The standard InChI is InChI=1S/C29H37N3O6/c1-6-17-29(5,26(35)36)32-25(34)23(19-21-15-11-8-12-16-21)30-24(33)22(18-20-13-9-7-10-14-20)31-27(37)38-28(2,3)4/h6-16,22-23H,1,17-19H2,2-5H3,(H,30,33)(H,31,37)(H,32,34)(H,35,36)/t22-,23-,29?/m1/s1. The number of rotatable bonds is 12. The molecule has 4 N–H and O–H groups in total. The zero-order valence-corrected chi connectivity index (χ0v) is 22.3. The average molecular weight is 524 g/mol. The summed E-state index contributed by atoms with van der Waals surface area (Å²) < 4.78 is 5.34. The highest BCUT2D eigenvalue weighted by molar-refractivity contribution is 5.94. The Morgan fingerprint density at radius 3 is 1.74 bits per heavy atom. The van der Waals surface area contributed by atoms with Gasteiger partial charge in [-0.1, -0.05) is 66.7 Å². The van der Waals surface area contributed by atoms with Gasteiger partial charge in [0.15, 0.2) is 0 Å². The van der Waals surface area contributed by atoms with Crippen molar-refractivity contribution in [3.63, 3.8) is 0 Å². The molecule has 204 valence electrons. The maximum Gasteiger partial charge on any atom is 0.408 e. The van der Waals surface area contributed by atoms with Crippen LogP contribution in [0.1, 0.15) is 45.2 Å². The Morgan fingerprint density at radius 1 is 0.842 bits per heavy atom. The van der Waals surface area contributed by atoms with Crippen LogP contribution in [0.3, 0.4) is 0 Å². The number of carboxylic acids is 1. The molecule has 0 spiro atoms. The molecule has 0 aliphatic heterocycles. The van der Waals surface area contributed by atoms with Crippen LogP contribution in [0, 0.1) is 0 Å². The number of alkyl carbamates (subject to hydrolysis) is 1. The van der Waals surface area contributed by atoms with Crippen LogP contribution < -0.4 is 16.0 Å². The number of carboxylic acid groups (broad SMARTS) is 1. The van der Waals surface area contributed by atoms with Gasteiger partial charge >= 0.3 is 12.1 Å². The molecular weight excluding hydrogens is 486 g/mol. The minimum Gasteiger partial charge on any atom is -0.480 e. The van der Waals surface area contributed by atoms with Gasteiger partial charge in [0.1, 0.15) is 23.2 Å². The number of amides is 3. The van der Waals surface area contributed by atoms with Gasteiger partial charge in [-0.15, -0.1) is 6.58 Å². The van der Waals surface area contributed by atoms with E-state index in [1.54, 1.807) is 45.0 Å². The average Bonchev–Trinajstić information content (AvgIpc) is 2.83. The van der Waals surface area contributed by atoms with E-state index >= 15 is 0 Å². The van der Waals surface area contributed by atoms with Crippen molar-refractivity contribution >= 4 is 23.9 Å². The van der Waals surface area contributed by atoms with E-state index in [2.05, 4.69) is 22.5 Å².